The van der Waals surface area contributed by atoms with Gasteiger partial charge < -0.3 is 19.9 Å². The van der Waals surface area contributed by atoms with E-state index in [-0.39, 0.29) is 30.4 Å². The van der Waals surface area contributed by atoms with E-state index >= 15 is 0 Å². The lowest BCUT2D eigenvalue weighted by Gasteiger charge is -2.37. The minimum absolute atomic E-state index is 0.0303. The van der Waals surface area contributed by atoms with Crippen molar-refractivity contribution in [1.82, 2.24) is 9.80 Å². The number of hydrogen-bond acceptors (Lipinski definition) is 4. The fourth-order valence-corrected chi connectivity index (χ4v) is 5.43. The topological polar surface area (TPSA) is 61.9 Å². The predicted molar refractivity (Wildman–Crippen MR) is 150 cm³/mol. The van der Waals surface area contributed by atoms with Crippen LogP contribution in [-0.2, 0) is 11.2 Å². The molecule has 196 valence electrons. The van der Waals surface area contributed by atoms with E-state index < -0.39 is 0 Å². The summed E-state index contributed by atoms with van der Waals surface area (Å²) >= 11 is 1.73. The molecule has 1 aliphatic heterocycles. The molecular formula is C30H37N3O3S. The Morgan fingerprint density at radius 3 is 2.43 bits per heavy atom. The maximum atomic E-state index is 13.7. The van der Waals surface area contributed by atoms with Gasteiger partial charge >= 0.3 is 6.03 Å². The first-order valence-electron chi connectivity index (χ1n) is 13.0. The summed E-state index contributed by atoms with van der Waals surface area (Å²) in [6.07, 6.45) is 1.75. The summed E-state index contributed by atoms with van der Waals surface area (Å²) in [6.45, 7) is 9.80. The smallest absolute Gasteiger partial charge is 0.322 e. The normalized spacial score (nSPS) is 15.6. The molecule has 4 rings (SSSR count). The Balaban J connectivity index is 1.50. The highest BCUT2D eigenvalue weighted by atomic mass is 32.1. The molecule has 0 spiro atoms. The van der Waals surface area contributed by atoms with Crippen molar-refractivity contribution >= 4 is 29.0 Å². The average molecular weight is 520 g/mol. The van der Waals surface area contributed by atoms with Crippen molar-refractivity contribution in [2.24, 2.45) is 5.92 Å². The summed E-state index contributed by atoms with van der Waals surface area (Å²) in [7, 11) is 0. The number of carbonyl (C=O) groups is 2. The minimum atomic E-state index is -0.252. The van der Waals surface area contributed by atoms with Gasteiger partial charge in [-0.3, -0.25) is 4.79 Å². The number of benzene rings is 2. The highest BCUT2D eigenvalue weighted by Gasteiger charge is 2.33. The van der Waals surface area contributed by atoms with Gasteiger partial charge in [-0.2, -0.15) is 0 Å². The molecule has 3 aromatic rings. The molecule has 7 heteroatoms. The highest BCUT2D eigenvalue weighted by molar-refractivity contribution is 7.10. The first kappa shape index (κ1) is 26.7. The van der Waals surface area contributed by atoms with E-state index in [9.17, 15) is 9.59 Å². The molecule has 0 aliphatic carbocycles. The quantitative estimate of drug-likeness (QED) is 0.353. The van der Waals surface area contributed by atoms with Crippen LogP contribution < -0.4 is 10.1 Å². The van der Waals surface area contributed by atoms with Crippen molar-refractivity contribution in [3.05, 3.63) is 81.5 Å². The van der Waals surface area contributed by atoms with Gasteiger partial charge in [-0.15, -0.1) is 11.3 Å². The number of carbonyl (C=O) groups excluding carboxylic acids is 2. The van der Waals surface area contributed by atoms with Crippen LogP contribution in [0.4, 0.5) is 10.5 Å². The molecule has 0 saturated carbocycles. The number of hydrogen-bond donors (Lipinski definition) is 1. The van der Waals surface area contributed by atoms with Crippen molar-refractivity contribution in [3.8, 4) is 5.75 Å². The number of nitrogens with zero attached hydrogens (tertiary/aromatic N) is 2. The molecule has 0 radical (unpaired) electrons. The Bertz CT molecular complexity index is 1190. The molecule has 0 fully saturated rings. The standard InChI is InChI=1S/C30H37N3O3S/c1-5-21(2)18-32(30(35)31-24-10-6-22(3)7-11-24)19-29(34)33-16-14-28-26(15-17-37-28)27(33)20-36-25-12-8-23(4)9-13-25/h6-13,15,17,21,27H,5,14,16,18-20H2,1-4H3,(H,31,35)/t21-,27-/m1/s1. The molecule has 1 N–H and O–H groups in total. The minimum Gasteiger partial charge on any atom is -0.491 e. The van der Waals surface area contributed by atoms with E-state index in [4.69, 9.17) is 4.74 Å². The number of aryl methyl sites for hydroxylation is 2. The Labute approximate surface area is 224 Å². The number of amides is 3. The molecule has 2 heterocycles. The highest BCUT2D eigenvalue weighted by Crippen LogP contribution is 2.34. The SMILES string of the molecule is CC[C@@H](C)CN(CC(=O)N1CCc2sccc2[C@H]1COc1ccc(C)cc1)C(=O)Nc1ccc(C)cc1. The second-order valence-electron chi connectivity index (χ2n) is 9.97. The second-order valence-corrected chi connectivity index (χ2v) is 11.0. The number of fused-ring (bicyclic) bond motifs is 1. The van der Waals surface area contributed by atoms with E-state index in [1.807, 2.05) is 67.3 Å². The predicted octanol–water partition coefficient (Wildman–Crippen LogP) is 6.45. The fraction of sp³-hybridized carbons (Fsp3) is 0.400. The summed E-state index contributed by atoms with van der Waals surface area (Å²) in [4.78, 5) is 31.8. The Hall–Kier alpha value is -3.32. The van der Waals surface area contributed by atoms with Gasteiger partial charge in [-0.1, -0.05) is 55.7 Å². The molecule has 0 bridgehead atoms. The summed E-state index contributed by atoms with van der Waals surface area (Å²) < 4.78 is 6.15. The van der Waals surface area contributed by atoms with Crippen molar-refractivity contribution in [2.75, 3.05) is 31.6 Å². The van der Waals surface area contributed by atoms with Crippen LogP contribution >= 0.6 is 11.3 Å². The van der Waals surface area contributed by atoms with E-state index in [1.165, 1.54) is 10.4 Å². The second kappa shape index (κ2) is 12.3. The third-order valence-electron chi connectivity index (χ3n) is 6.99. The lowest BCUT2D eigenvalue weighted by atomic mass is 10.00. The van der Waals surface area contributed by atoms with Crippen LogP contribution in [0.3, 0.4) is 0 Å². The summed E-state index contributed by atoms with van der Waals surface area (Å²) in [5, 5.41) is 5.06. The van der Waals surface area contributed by atoms with E-state index in [0.29, 0.717) is 19.7 Å². The summed E-state index contributed by atoms with van der Waals surface area (Å²) in [6, 6.07) is 17.3. The number of thiophene rings is 1. The van der Waals surface area contributed by atoms with Gasteiger partial charge in [0.1, 0.15) is 18.9 Å². The maximum absolute atomic E-state index is 13.7. The van der Waals surface area contributed by atoms with Crippen LogP contribution in [0.15, 0.2) is 60.0 Å². The molecule has 6 nitrogen and oxygen atoms in total. The van der Waals surface area contributed by atoms with Crippen molar-refractivity contribution in [3.63, 3.8) is 0 Å². The zero-order chi connectivity index (χ0) is 26.4. The molecule has 1 aliphatic rings. The first-order chi connectivity index (χ1) is 17.8. The molecular weight excluding hydrogens is 482 g/mol. The number of nitrogens with one attached hydrogen (secondary N) is 1. The van der Waals surface area contributed by atoms with Crippen LogP contribution in [0, 0.1) is 19.8 Å². The van der Waals surface area contributed by atoms with Crippen molar-refractivity contribution in [2.45, 2.75) is 46.6 Å². The Morgan fingerprint density at radius 1 is 1.08 bits per heavy atom. The van der Waals surface area contributed by atoms with Gasteiger partial charge in [0.2, 0.25) is 5.91 Å². The van der Waals surface area contributed by atoms with Crippen LogP contribution in [0.1, 0.15) is 47.9 Å². The maximum Gasteiger partial charge on any atom is 0.322 e. The lowest BCUT2D eigenvalue weighted by molar-refractivity contribution is -0.135. The van der Waals surface area contributed by atoms with E-state index in [1.54, 1.807) is 16.2 Å². The molecule has 37 heavy (non-hydrogen) atoms. The van der Waals surface area contributed by atoms with Crippen LogP contribution in [0.5, 0.6) is 5.75 Å². The van der Waals surface area contributed by atoms with E-state index in [0.717, 1.165) is 35.4 Å². The first-order valence-corrected chi connectivity index (χ1v) is 13.9. The Morgan fingerprint density at radius 2 is 1.76 bits per heavy atom. The van der Waals surface area contributed by atoms with E-state index in [2.05, 4.69) is 30.6 Å². The third-order valence-corrected chi connectivity index (χ3v) is 7.99. The summed E-state index contributed by atoms with van der Waals surface area (Å²) in [5.41, 5.74) is 4.17. The Kier molecular flexibility index (Phi) is 8.87. The van der Waals surface area contributed by atoms with Crippen LogP contribution in [-0.4, -0.2) is 48.0 Å². The number of anilines is 1. The average Bonchev–Trinajstić information content (AvgIpc) is 3.38. The van der Waals surface area contributed by atoms with Crippen molar-refractivity contribution in [1.29, 1.82) is 0 Å². The van der Waals surface area contributed by atoms with Gasteiger partial charge in [0, 0.05) is 23.7 Å². The van der Waals surface area contributed by atoms with Crippen LogP contribution in [0.25, 0.3) is 0 Å². The molecule has 3 amide bonds. The zero-order valence-corrected chi connectivity index (χ0v) is 23.0. The van der Waals surface area contributed by atoms with Gasteiger partial charge in [0.15, 0.2) is 0 Å². The molecule has 0 saturated heterocycles. The monoisotopic (exact) mass is 519 g/mol. The third kappa shape index (κ3) is 6.92. The lowest BCUT2D eigenvalue weighted by Crippen LogP contribution is -2.49. The molecule has 2 atom stereocenters. The summed E-state index contributed by atoms with van der Waals surface area (Å²) in [5.74, 6) is 1.01. The van der Waals surface area contributed by atoms with Crippen molar-refractivity contribution < 1.29 is 14.3 Å². The molecule has 0 unspecified atom stereocenters. The largest absolute Gasteiger partial charge is 0.491 e. The molecule has 1 aromatic heterocycles. The van der Waals surface area contributed by atoms with Gasteiger partial charge in [0.05, 0.1) is 6.04 Å². The zero-order valence-electron chi connectivity index (χ0n) is 22.2. The van der Waals surface area contributed by atoms with Gasteiger partial charge in [-0.05, 0) is 67.5 Å². The number of ether oxygens (including phenoxy) is 1. The van der Waals surface area contributed by atoms with Gasteiger partial charge in [-0.25, -0.2) is 4.79 Å². The number of rotatable bonds is 9. The van der Waals surface area contributed by atoms with Crippen LogP contribution in [0.2, 0.25) is 0 Å². The number of urea groups is 1. The van der Waals surface area contributed by atoms with Gasteiger partial charge in [0.25, 0.3) is 0 Å². The molecule has 2 aromatic carbocycles. The fourth-order valence-electron chi connectivity index (χ4n) is 4.50.